The van der Waals surface area contributed by atoms with Gasteiger partial charge in [0.25, 0.3) is 11.6 Å². The van der Waals surface area contributed by atoms with Gasteiger partial charge in [-0.3, -0.25) is 14.9 Å². The third kappa shape index (κ3) is 3.84. The van der Waals surface area contributed by atoms with Gasteiger partial charge in [-0.05, 0) is 66.8 Å². The van der Waals surface area contributed by atoms with Gasteiger partial charge in [-0.1, -0.05) is 18.2 Å². The SMILES string of the molecule is Cc1cc(-c2ccc3oc([C@@H]4CCCN4C(=O)c4cccc([N+](=O)[O-])c4)nc3c2)ccc1F. The van der Waals surface area contributed by atoms with Gasteiger partial charge in [0.2, 0.25) is 5.89 Å². The number of nitro benzene ring substituents is 1. The van der Waals surface area contributed by atoms with Gasteiger partial charge in [0.15, 0.2) is 5.58 Å². The highest BCUT2D eigenvalue weighted by Gasteiger charge is 2.34. The summed E-state index contributed by atoms with van der Waals surface area (Å²) in [6.45, 7) is 2.24. The maximum Gasteiger partial charge on any atom is 0.270 e. The number of oxazole rings is 1. The van der Waals surface area contributed by atoms with E-state index >= 15 is 0 Å². The summed E-state index contributed by atoms with van der Waals surface area (Å²) in [5.41, 5.74) is 3.73. The van der Waals surface area contributed by atoms with Crippen molar-refractivity contribution < 1.29 is 18.5 Å². The van der Waals surface area contributed by atoms with Gasteiger partial charge >= 0.3 is 0 Å². The number of aromatic nitrogens is 1. The standard InChI is InChI=1S/C25H20FN3O4/c1-15-12-16(7-9-20(15)26)17-8-10-23-21(14-17)27-24(33-23)22-6-3-11-28(22)25(30)18-4-2-5-19(13-18)29(31)32/h2,4-5,7-10,12-14,22H,3,6,11H2,1H3/t22-/m0/s1. The van der Waals surface area contributed by atoms with E-state index in [9.17, 15) is 19.3 Å². The number of carbonyl (C=O) groups excluding carboxylic acids is 1. The lowest BCUT2D eigenvalue weighted by Gasteiger charge is -2.22. The van der Waals surface area contributed by atoms with Crippen molar-refractivity contribution in [3.05, 3.63) is 93.6 Å². The molecule has 5 rings (SSSR count). The molecule has 0 radical (unpaired) electrons. The molecule has 1 aromatic heterocycles. The minimum atomic E-state index is -0.515. The van der Waals surface area contributed by atoms with Crippen molar-refractivity contribution in [2.45, 2.75) is 25.8 Å². The number of nitro groups is 1. The van der Waals surface area contributed by atoms with Gasteiger partial charge in [-0.15, -0.1) is 0 Å². The highest BCUT2D eigenvalue weighted by molar-refractivity contribution is 5.95. The van der Waals surface area contributed by atoms with Crippen molar-refractivity contribution in [3.8, 4) is 11.1 Å². The van der Waals surface area contributed by atoms with E-state index in [1.54, 1.807) is 30.0 Å². The molecule has 166 valence electrons. The lowest BCUT2D eigenvalue weighted by molar-refractivity contribution is -0.384. The van der Waals surface area contributed by atoms with E-state index in [1.807, 2.05) is 18.2 Å². The number of hydrogen-bond acceptors (Lipinski definition) is 5. The number of rotatable bonds is 4. The molecular weight excluding hydrogens is 425 g/mol. The quantitative estimate of drug-likeness (QED) is 0.291. The fourth-order valence-electron chi connectivity index (χ4n) is 4.28. The Labute approximate surface area is 188 Å². The molecule has 1 aliphatic heterocycles. The molecule has 1 amide bonds. The maximum absolute atomic E-state index is 13.6. The molecule has 8 heteroatoms. The Morgan fingerprint density at radius 3 is 2.73 bits per heavy atom. The normalized spacial score (nSPS) is 15.8. The molecule has 33 heavy (non-hydrogen) atoms. The molecule has 3 aromatic carbocycles. The van der Waals surface area contributed by atoms with Crippen molar-refractivity contribution in [2.75, 3.05) is 6.54 Å². The number of carbonyl (C=O) groups is 1. The zero-order valence-electron chi connectivity index (χ0n) is 17.8. The van der Waals surface area contributed by atoms with Crippen LogP contribution in [0.15, 0.2) is 65.1 Å². The summed E-state index contributed by atoms with van der Waals surface area (Å²) >= 11 is 0. The van der Waals surface area contributed by atoms with Crippen molar-refractivity contribution in [2.24, 2.45) is 0 Å². The van der Waals surface area contributed by atoms with Crippen LogP contribution in [0.5, 0.6) is 0 Å². The van der Waals surface area contributed by atoms with Crippen LogP contribution < -0.4 is 0 Å². The molecule has 7 nitrogen and oxygen atoms in total. The van der Waals surface area contributed by atoms with E-state index < -0.39 is 4.92 Å². The van der Waals surface area contributed by atoms with Gasteiger partial charge in [-0.25, -0.2) is 9.37 Å². The second-order valence-corrected chi connectivity index (χ2v) is 8.16. The Kier molecular flexibility index (Phi) is 5.12. The Balaban J connectivity index is 1.45. The lowest BCUT2D eigenvalue weighted by Crippen LogP contribution is -2.30. The number of amides is 1. The first-order valence-corrected chi connectivity index (χ1v) is 10.6. The molecular formula is C25H20FN3O4. The van der Waals surface area contributed by atoms with Crippen LogP contribution in [0.4, 0.5) is 10.1 Å². The number of aryl methyl sites for hydroxylation is 1. The second kappa shape index (κ2) is 8.12. The number of non-ortho nitro benzene ring substituents is 1. The number of fused-ring (bicyclic) bond motifs is 1. The summed E-state index contributed by atoms with van der Waals surface area (Å²) in [7, 11) is 0. The van der Waals surface area contributed by atoms with Gasteiger partial charge in [0, 0.05) is 24.2 Å². The van der Waals surface area contributed by atoms with E-state index in [4.69, 9.17) is 4.42 Å². The average molecular weight is 445 g/mol. The van der Waals surface area contributed by atoms with Crippen molar-refractivity contribution >= 4 is 22.7 Å². The zero-order valence-corrected chi connectivity index (χ0v) is 17.8. The van der Waals surface area contributed by atoms with Gasteiger partial charge in [0.05, 0.1) is 4.92 Å². The minimum Gasteiger partial charge on any atom is -0.438 e. The Hall–Kier alpha value is -4.07. The molecule has 0 unspecified atom stereocenters. The zero-order chi connectivity index (χ0) is 23.1. The summed E-state index contributed by atoms with van der Waals surface area (Å²) in [5.74, 6) is -0.0991. The number of halogens is 1. The van der Waals surface area contributed by atoms with E-state index in [2.05, 4.69) is 4.98 Å². The fraction of sp³-hybridized carbons (Fsp3) is 0.200. The van der Waals surface area contributed by atoms with Gasteiger partial charge in [0.1, 0.15) is 17.4 Å². The Morgan fingerprint density at radius 1 is 1.15 bits per heavy atom. The van der Waals surface area contributed by atoms with Crippen LogP contribution in [-0.4, -0.2) is 27.3 Å². The lowest BCUT2D eigenvalue weighted by atomic mass is 10.0. The van der Waals surface area contributed by atoms with E-state index in [0.717, 1.165) is 17.5 Å². The van der Waals surface area contributed by atoms with Gasteiger partial charge in [-0.2, -0.15) is 0 Å². The Bertz CT molecular complexity index is 1400. The van der Waals surface area contributed by atoms with Crippen LogP contribution in [0, 0.1) is 22.9 Å². The smallest absolute Gasteiger partial charge is 0.270 e. The summed E-state index contributed by atoms with van der Waals surface area (Å²) in [5, 5.41) is 11.1. The minimum absolute atomic E-state index is 0.123. The summed E-state index contributed by atoms with van der Waals surface area (Å²) < 4.78 is 19.6. The number of hydrogen-bond donors (Lipinski definition) is 0. The van der Waals surface area contributed by atoms with E-state index in [1.165, 1.54) is 24.3 Å². The largest absolute Gasteiger partial charge is 0.438 e. The van der Waals surface area contributed by atoms with Crippen molar-refractivity contribution in [1.82, 2.24) is 9.88 Å². The van der Waals surface area contributed by atoms with Crippen LogP contribution >= 0.6 is 0 Å². The van der Waals surface area contributed by atoms with E-state index in [0.29, 0.717) is 35.5 Å². The van der Waals surface area contributed by atoms with E-state index in [-0.39, 0.29) is 29.0 Å². The first-order valence-electron chi connectivity index (χ1n) is 10.6. The van der Waals surface area contributed by atoms with Crippen LogP contribution in [-0.2, 0) is 0 Å². The predicted molar refractivity (Wildman–Crippen MR) is 120 cm³/mol. The third-order valence-electron chi connectivity index (χ3n) is 6.00. The third-order valence-corrected chi connectivity index (χ3v) is 6.00. The van der Waals surface area contributed by atoms with Crippen LogP contribution in [0.3, 0.4) is 0 Å². The molecule has 1 fully saturated rings. The molecule has 1 atom stereocenters. The highest BCUT2D eigenvalue weighted by atomic mass is 19.1. The monoisotopic (exact) mass is 445 g/mol. The topological polar surface area (TPSA) is 89.5 Å². The van der Waals surface area contributed by atoms with Gasteiger partial charge < -0.3 is 9.32 Å². The molecule has 0 saturated carbocycles. The number of nitrogens with zero attached hydrogens (tertiary/aromatic N) is 3. The first kappa shape index (κ1) is 20.8. The van der Waals surface area contributed by atoms with Crippen LogP contribution in [0.2, 0.25) is 0 Å². The predicted octanol–water partition coefficient (Wildman–Crippen LogP) is 5.83. The molecule has 0 spiro atoms. The van der Waals surface area contributed by atoms with Crippen molar-refractivity contribution in [1.29, 1.82) is 0 Å². The van der Waals surface area contributed by atoms with Crippen LogP contribution in [0.1, 0.15) is 40.7 Å². The Morgan fingerprint density at radius 2 is 1.94 bits per heavy atom. The molecule has 1 aliphatic rings. The molecule has 4 aromatic rings. The van der Waals surface area contributed by atoms with Crippen molar-refractivity contribution in [3.63, 3.8) is 0 Å². The molecule has 0 aliphatic carbocycles. The molecule has 0 bridgehead atoms. The summed E-state index contributed by atoms with van der Waals surface area (Å²) in [6, 6.07) is 15.9. The fourth-order valence-corrected chi connectivity index (χ4v) is 4.28. The van der Waals surface area contributed by atoms with Crippen LogP contribution in [0.25, 0.3) is 22.2 Å². The first-order chi connectivity index (χ1) is 15.9. The number of likely N-dealkylation sites (tertiary alicyclic amines) is 1. The number of benzene rings is 3. The average Bonchev–Trinajstić information content (AvgIpc) is 3.47. The second-order valence-electron chi connectivity index (χ2n) is 8.16. The summed E-state index contributed by atoms with van der Waals surface area (Å²) in [4.78, 5) is 30.0. The molecule has 1 saturated heterocycles. The highest BCUT2D eigenvalue weighted by Crippen LogP contribution is 2.35. The molecule has 0 N–H and O–H groups in total. The summed E-state index contributed by atoms with van der Waals surface area (Å²) in [6.07, 6.45) is 1.47. The maximum atomic E-state index is 13.6. The molecule has 2 heterocycles.